The Morgan fingerprint density at radius 2 is 1.96 bits per heavy atom. The molecule has 1 N–H and O–H groups in total. The molecule has 0 radical (unpaired) electrons. The quantitative estimate of drug-likeness (QED) is 0.769. The summed E-state index contributed by atoms with van der Waals surface area (Å²) in [6.07, 6.45) is 5.31. The number of anilines is 2. The van der Waals surface area contributed by atoms with Crippen molar-refractivity contribution in [1.29, 1.82) is 0 Å². The van der Waals surface area contributed by atoms with Gasteiger partial charge in [0.25, 0.3) is 5.92 Å². The lowest BCUT2D eigenvalue weighted by atomic mass is 10.2. The zero-order valence-corrected chi connectivity index (χ0v) is 13.6. The van der Waals surface area contributed by atoms with Crippen molar-refractivity contribution in [2.75, 3.05) is 5.32 Å². The minimum atomic E-state index is -2.51. The molecule has 24 heavy (non-hydrogen) atoms. The molecule has 1 aliphatic carbocycles. The van der Waals surface area contributed by atoms with Crippen LogP contribution in [0, 0.1) is 19.8 Å². The average Bonchev–Trinajstić information content (AvgIpc) is 2.94. The highest BCUT2D eigenvalue weighted by molar-refractivity contribution is 5.92. The minimum absolute atomic E-state index is 0.0169. The van der Waals surface area contributed by atoms with E-state index < -0.39 is 11.8 Å². The Morgan fingerprint density at radius 1 is 1.21 bits per heavy atom. The van der Waals surface area contributed by atoms with Crippen LogP contribution in [-0.2, 0) is 6.54 Å². The van der Waals surface area contributed by atoms with Crippen LogP contribution in [0.25, 0.3) is 10.9 Å². The van der Waals surface area contributed by atoms with Gasteiger partial charge in [0.2, 0.25) is 0 Å². The Labute approximate surface area is 138 Å². The van der Waals surface area contributed by atoms with E-state index in [0.29, 0.717) is 12.4 Å². The van der Waals surface area contributed by atoms with Gasteiger partial charge in [-0.25, -0.2) is 13.8 Å². The maximum Gasteiger partial charge on any atom is 0.253 e. The summed E-state index contributed by atoms with van der Waals surface area (Å²) in [6.45, 7) is 4.29. The lowest BCUT2D eigenvalue weighted by molar-refractivity contribution is 0.0954. The highest BCUT2D eigenvalue weighted by Crippen LogP contribution is 2.49. The molecule has 1 atom stereocenters. The zero-order valence-electron chi connectivity index (χ0n) is 13.6. The van der Waals surface area contributed by atoms with Crippen molar-refractivity contribution in [2.24, 2.45) is 5.92 Å². The molecule has 1 unspecified atom stereocenters. The lowest BCUT2D eigenvalue weighted by Gasteiger charge is -2.12. The standard InChI is InChI=1S/C18H18F2N4/c1-11-3-6-21-12(2)16(11)23-17-14-5-8-24(15(14)4-7-22-17)10-13-9-18(13,19)20/h3-8,13H,9-10H2,1-2H3,(H,22,23). The predicted molar refractivity (Wildman–Crippen MR) is 89.8 cm³/mol. The van der Waals surface area contributed by atoms with E-state index in [1.165, 1.54) is 0 Å². The van der Waals surface area contributed by atoms with Gasteiger partial charge in [0.1, 0.15) is 5.82 Å². The number of pyridine rings is 2. The number of fused-ring (bicyclic) bond motifs is 1. The molecule has 4 nitrogen and oxygen atoms in total. The summed E-state index contributed by atoms with van der Waals surface area (Å²) >= 11 is 0. The molecular weight excluding hydrogens is 310 g/mol. The van der Waals surface area contributed by atoms with Crippen LogP contribution in [0.2, 0.25) is 0 Å². The van der Waals surface area contributed by atoms with Gasteiger partial charge in [0.15, 0.2) is 0 Å². The van der Waals surface area contributed by atoms with E-state index in [0.717, 1.165) is 27.8 Å². The number of aromatic nitrogens is 3. The molecule has 3 aromatic heterocycles. The van der Waals surface area contributed by atoms with E-state index in [1.54, 1.807) is 12.4 Å². The number of hydrogen-bond donors (Lipinski definition) is 1. The van der Waals surface area contributed by atoms with Gasteiger partial charge in [-0.15, -0.1) is 0 Å². The van der Waals surface area contributed by atoms with E-state index in [2.05, 4.69) is 15.3 Å². The van der Waals surface area contributed by atoms with Gasteiger partial charge in [0.05, 0.1) is 16.9 Å². The van der Waals surface area contributed by atoms with Crippen molar-refractivity contribution in [2.45, 2.75) is 32.7 Å². The van der Waals surface area contributed by atoms with Gasteiger partial charge >= 0.3 is 0 Å². The van der Waals surface area contributed by atoms with E-state index in [-0.39, 0.29) is 6.42 Å². The van der Waals surface area contributed by atoms with E-state index in [1.807, 2.05) is 42.8 Å². The van der Waals surface area contributed by atoms with Crippen LogP contribution < -0.4 is 5.32 Å². The Kier molecular flexibility index (Phi) is 3.30. The first kappa shape index (κ1) is 15.1. The Hall–Kier alpha value is -2.50. The summed E-state index contributed by atoms with van der Waals surface area (Å²) in [7, 11) is 0. The Bertz CT molecular complexity index is 896. The van der Waals surface area contributed by atoms with E-state index in [9.17, 15) is 8.78 Å². The largest absolute Gasteiger partial charge is 0.347 e. The first-order chi connectivity index (χ1) is 11.5. The van der Waals surface area contributed by atoms with Crippen LogP contribution in [-0.4, -0.2) is 20.5 Å². The van der Waals surface area contributed by atoms with Gasteiger partial charge in [-0.1, -0.05) is 0 Å². The van der Waals surface area contributed by atoms with Crippen molar-refractivity contribution in [3.63, 3.8) is 0 Å². The Balaban J connectivity index is 1.69. The molecule has 4 rings (SSSR count). The van der Waals surface area contributed by atoms with Gasteiger partial charge in [-0.05, 0) is 37.6 Å². The SMILES string of the molecule is Cc1ccnc(C)c1Nc1nccc2c1ccn2CC1CC1(F)F. The molecule has 1 saturated carbocycles. The second-order valence-corrected chi connectivity index (χ2v) is 6.44. The smallest absolute Gasteiger partial charge is 0.253 e. The van der Waals surface area contributed by atoms with Crippen molar-refractivity contribution in [3.05, 3.63) is 48.0 Å². The third-order valence-corrected chi connectivity index (χ3v) is 4.66. The number of rotatable bonds is 4. The summed E-state index contributed by atoms with van der Waals surface area (Å²) in [6, 6.07) is 5.73. The predicted octanol–water partition coefficient (Wildman–Crippen LogP) is 4.45. The van der Waals surface area contributed by atoms with Crippen LogP contribution in [0.15, 0.2) is 36.8 Å². The van der Waals surface area contributed by atoms with Crippen LogP contribution in [0.1, 0.15) is 17.7 Å². The fourth-order valence-corrected chi connectivity index (χ4v) is 3.09. The van der Waals surface area contributed by atoms with Gasteiger partial charge in [-0.3, -0.25) is 4.98 Å². The van der Waals surface area contributed by atoms with Crippen molar-refractivity contribution in [3.8, 4) is 0 Å². The molecule has 0 aromatic carbocycles. The summed E-state index contributed by atoms with van der Waals surface area (Å²) in [5, 5.41) is 4.27. The van der Waals surface area contributed by atoms with Gasteiger partial charge in [-0.2, -0.15) is 0 Å². The minimum Gasteiger partial charge on any atom is -0.347 e. The summed E-state index contributed by atoms with van der Waals surface area (Å²) in [5.74, 6) is -2.34. The average molecular weight is 328 g/mol. The normalized spacial score (nSPS) is 18.8. The van der Waals surface area contributed by atoms with E-state index >= 15 is 0 Å². The van der Waals surface area contributed by atoms with Gasteiger partial charge in [0, 0.05) is 42.9 Å². The molecule has 124 valence electrons. The number of hydrogen-bond acceptors (Lipinski definition) is 3. The molecule has 3 heterocycles. The molecule has 1 aliphatic rings. The summed E-state index contributed by atoms with van der Waals surface area (Å²) in [5.41, 5.74) is 3.82. The molecule has 0 spiro atoms. The molecule has 0 saturated heterocycles. The van der Waals surface area contributed by atoms with Crippen molar-refractivity contribution >= 4 is 22.4 Å². The number of halogens is 2. The van der Waals surface area contributed by atoms with E-state index in [4.69, 9.17) is 0 Å². The third kappa shape index (κ3) is 2.52. The molecule has 6 heteroatoms. The summed E-state index contributed by atoms with van der Waals surface area (Å²) in [4.78, 5) is 8.73. The topological polar surface area (TPSA) is 42.7 Å². The Morgan fingerprint density at radius 3 is 2.67 bits per heavy atom. The molecule has 0 bridgehead atoms. The van der Waals surface area contributed by atoms with Crippen LogP contribution in [0.4, 0.5) is 20.3 Å². The van der Waals surface area contributed by atoms with Gasteiger partial charge < -0.3 is 9.88 Å². The van der Waals surface area contributed by atoms with Crippen LogP contribution in [0.5, 0.6) is 0 Å². The first-order valence-corrected chi connectivity index (χ1v) is 7.96. The number of nitrogens with one attached hydrogen (secondary N) is 1. The monoisotopic (exact) mass is 328 g/mol. The summed E-state index contributed by atoms with van der Waals surface area (Å²) < 4.78 is 28.3. The molecule has 1 fully saturated rings. The number of alkyl halides is 2. The molecular formula is C18H18F2N4. The van der Waals surface area contributed by atoms with Crippen LogP contribution in [0.3, 0.4) is 0 Å². The lowest BCUT2D eigenvalue weighted by Crippen LogP contribution is -2.04. The fraction of sp³-hybridized carbons (Fsp3) is 0.333. The maximum atomic E-state index is 13.2. The highest BCUT2D eigenvalue weighted by atomic mass is 19.3. The molecule has 3 aromatic rings. The highest BCUT2D eigenvalue weighted by Gasteiger charge is 2.56. The first-order valence-electron chi connectivity index (χ1n) is 7.96. The molecule has 0 amide bonds. The molecule has 0 aliphatic heterocycles. The second-order valence-electron chi connectivity index (χ2n) is 6.44. The zero-order chi connectivity index (χ0) is 16.9. The third-order valence-electron chi connectivity index (χ3n) is 4.66. The number of aryl methyl sites for hydroxylation is 2. The fourth-order valence-electron chi connectivity index (χ4n) is 3.09. The maximum absolute atomic E-state index is 13.2. The van der Waals surface area contributed by atoms with Crippen molar-refractivity contribution < 1.29 is 8.78 Å². The second kappa shape index (κ2) is 5.26. The van der Waals surface area contributed by atoms with Crippen molar-refractivity contribution in [1.82, 2.24) is 14.5 Å². The number of nitrogens with zero attached hydrogens (tertiary/aromatic N) is 3. The van der Waals surface area contributed by atoms with Crippen LogP contribution >= 0.6 is 0 Å².